The molecule has 0 bridgehead atoms. The summed E-state index contributed by atoms with van der Waals surface area (Å²) in [5, 5.41) is 11.4. The molecule has 0 aliphatic rings. The molecule has 1 amide bonds. The maximum atomic E-state index is 12.6. The molecule has 1 aromatic carbocycles. The molecule has 2 heterocycles. The van der Waals surface area contributed by atoms with Gasteiger partial charge in [0.05, 0.1) is 22.9 Å². The van der Waals surface area contributed by atoms with E-state index >= 15 is 0 Å². The van der Waals surface area contributed by atoms with Gasteiger partial charge in [-0.2, -0.15) is 0 Å². The Hall–Kier alpha value is -2.45. The number of hydrogen-bond acceptors (Lipinski definition) is 7. The van der Waals surface area contributed by atoms with Gasteiger partial charge in [-0.15, -0.1) is 28.1 Å². The molecule has 0 aliphatic carbocycles. The van der Waals surface area contributed by atoms with Crippen LogP contribution in [0.15, 0.2) is 58.0 Å². The van der Waals surface area contributed by atoms with Crippen LogP contribution in [0.5, 0.6) is 0 Å². The van der Waals surface area contributed by atoms with Crippen LogP contribution in [0.25, 0.3) is 0 Å². The number of aromatic nitrogens is 3. The molecule has 0 unspecified atom stereocenters. The Labute approximate surface area is 160 Å². The molecule has 0 radical (unpaired) electrons. The lowest BCUT2D eigenvalue weighted by molar-refractivity contribution is -0.116. The third-order valence-corrected chi connectivity index (χ3v) is 5.07. The summed E-state index contributed by atoms with van der Waals surface area (Å²) in [6.45, 7) is 6.13. The third-order valence-electron chi connectivity index (χ3n) is 3.45. The third kappa shape index (κ3) is 4.80. The number of para-hydroxylation sites is 1. The zero-order chi connectivity index (χ0) is 18.4. The fourth-order valence-electron chi connectivity index (χ4n) is 2.30. The van der Waals surface area contributed by atoms with Gasteiger partial charge >= 0.3 is 0 Å². The smallest absolute Gasteiger partial charge is 0.277 e. The van der Waals surface area contributed by atoms with Crippen molar-refractivity contribution in [1.29, 1.82) is 0 Å². The first-order valence-electron chi connectivity index (χ1n) is 7.98. The van der Waals surface area contributed by atoms with Gasteiger partial charge in [-0.25, -0.2) is 4.98 Å². The Kier molecular flexibility index (Phi) is 6.19. The second-order valence-electron chi connectivity index (χ2n) is 5.41. The predicted molar refractivity (Wildman–Crippen MR) is 104 cm³/mol. The number of anilines is 1. The fourth-order valence-corrected chi connectivity index (χ4v) is 3.57. The summed E-state index contributed by atoms with van der Waals surface area (Å²) in [5.41, 5.74) is 1.74. The second kappa shape index (κ2) is 8.77. The van der Waals surface area contributed by atoms with Gasteiger partial charge < -0.3 is 9.32 Å². The normalized spacial score (nSPS) is 10.7. The summed E-state index contributed by atoms with van der Waals surface area (Å²) >= 11 is 2.82. The summed E-state index contributed by atoms with van der Waals surface area (Å²) in [4.78, 5) is 18.6. The molecule has 0 saturated heterocycles. The second-order valence-corrected chi connectivity index (χ2v) is 7.40. The van der Waals surface area contributed by atoms with Gasteiger partial charge in [-0.1, -0.05) is 36.0 Å². The van der Waals surface area contributed by atoms with Crippen LogP contribution in [-0.4, -0.2) is 33.4 Å². The number of rotatable bonds is 8. The highest BCUT2D eigenvalue weighted by Crippen LogP contribution is 2.21. The predicted octanol–water partition coefficient (Wildman–Crippen LogP) is 3.74. The summed E-state index contributed by atoms with van der Waals surface area (Å²) in [6.07, 6.45) is 2.20. The summed E-state index contributed by atoms with van der Waals surface area (Å²) in [6, 6.07) is 9.50. The van der Waals surface area contributed by atoms with Crippen LogP contribution in [0.1, 0.15) is 16.6 Å². The molecular weight excluding hydrogens is 368 g/mol. The van der Waals surface area contributed by atoms with E-state index < -0.39 is 0 Å². The van der Waals surface area contributed by atoms with Gasteiger partial charge in [0.2, 0.25) is 11.8 Å². The van der Waals surface area contributed by atoms with Crippen molar-refractivity contribution in [2.45, 2.75) is 18.6 Å². The summed E-state index contributed by atoms with van der Waals surface area (Å²) in [5.74, 6) is 0.660. The lowest BCUT2D eigenvalue weighted by Crippen LogP contribution is -2.32. The Balaban J connectivity index is 1.59. The number of carbonyl (C=O) groups excluding carboxylic acids is 1. The van der Waals surface area contributed by atoms with Crippen LogP contribution in [-0.2, 0) is 11.2 Å². The minimum absolute atomic E-state index is 0.0454. The largest absolute Gasteiger partial charge is 0.416 e. The van der Waals surface area contributed by atoms with Crippen LogP contribution in [0.4, 0.5) is 5.69 Å². The average molecular weight is 387 g/mol. The topological polar surface area (TPSA) is 72.1 Å². The van der Waals surface area contributed by atoms with Crippen molar-refractivity contribution in [3.8, 4) is 0 Å². The Morgan fingerprint density at radius 3 is 2.85 bits per heavy atom. The lowest BCUT2D eigenvalue weighted by Gasteiger charge is -2.20. The van der Waals surface area contributed by atoms with Gasteiger partial charge in [0.1, 0.15) is 0 Å². The van der Waals surface area contributed by atoms with Gasteiger partial charge in [0.15, 0.2) is 0 Å². The van der Waals surface area contributed by atoms with Crippen molar-refractivity contribution in [3.05, 3.63) is 65.0 Å². The van der Waals surface area contributed by atoms with E-state index in [-0.39, 0.29) is 11.7 Å². The molecular formula is C18H18N4O2S2. The summed E-state index contributed by atoms with van der Waals surface area (Å²) in [7, 11) is 0. The average Bonchev–Trinajstić information content (AvgIpc) is 3.27. The molecule has 6 nitrogen and oxygen atoms in total. The van der Waals surface area contributed by atoms with E-state index in [1.54, 1.807) is 22.3 Å². The first-order valence-corrected chi connectivity index (χ1v) is 9.84. The van der Waals surface area contributed by atoms with Crippen LogP contribution < -0.4 is 4.90 Å². The quantitative estimate of drug-likeness (QED) is 0.434. The van der Waals surface area contributed by atoms with Crippen LogP contribution in [0, 0.1) is 6.92 Å². The highest BCUT2D eigenvalue weighted by molar-refractivity contribution is 7.99. The van der Waals surface area contributed by atoms with Crippen LogP contribution >= 0.6 is 23.1 Å². The van der Waals surface area contributed by atoms with E-state index in [1.165, 1.54) is 11.8 Å². The molecule has 0 fully saturated rings. The molecule has 3 aromatic rings. The minimum Gasteiger partial charge on any atom is -0.416 e. The van der Waals surface area contributed by atoms with Crippen molar-refractivity contribution >= 4 is 34.7 Å². The highest BCUT2D eigenvalue weighted by Gasteiger charge is 2.17. The van der Waals surface area contributed by atoms with Crippen molar-refractivity contribution in [1.82, 2.24) is 15.2 Å². The van der Waals surface area contributed by atoms with Crippen molar-refractivity contribution in [3.63, 3.8) is 0 Å². The maximum Gasteiger partial charge on any atom is 0.277 e. The van der Waals surface area contributed by atoms with E-state index in [9.17, 15) is 4.79 Å². The standard InChI is InChI=1S/C18H18N4O2S2/c1-3-9-22(15-7-5-4-6-8-15)17(23)12-26-18-21-20-16(24-18)10-14-11-25-13(2)19-14/h3-8,11H,1,9-10,12H2,2H3. The van der Waals surface area contributed by atoms with E-state index in [0.29, 0.717) is 24.1 Å². The molecule has 0 aliphatic heterocycles. The van der Waals surface area contributed by atoms with Gasteiger partial charge in [0.25, 0.3) is 5.22 Å². The molecule has 26 heavy (non-hydrogen) atoms. The number of nitrogens with zero attached hydrogens (tertiary/aromatic N) is 4. The first-order chi connectivity index (χ1) is 12.7. The summed E-state index contributed by atoms with van der Waals surface area (Å²) < 4.78 is 5.61. The van der Waals surface area contributed by atoms with Crippen molar-refractivity contribution in [2.24, 2.45) is 0 Å². The number of thiazole rings is 1. The number of carbonyl (C=O) groups is 1. The molecule has 0 N–H and O–H groups in total. The molecule has 2 aromatic heterocycles. The van der Waals surface area contributed by atoms with E-state index in [0.717, 1.165) is 16.4 Å². The highest BCUT2D eigenvalue weighted by atomic mass is 32.2. The number of hydrogen-bond donors (Lipinski definition) is 0. The van der Waals surface area contributed by atoms with Crippen molar-refractivity contribution < 1.29 is 9.21 Å². The number of benzene rings is 1. The van der Waals surface area contributed by atoms with E-state index in [4.69, 9.17) is 4.42 Å². The monoisotopic (exact) mass is 386 g/mol. The number of amides is 1. The van der Waals surface area contributed by atoms with Gasteiger partial charge in [-0.3, -0.25) is 4.79 Å². The Morgan fingerprint density at radius 1 is 1.35 bits per heavy atom. The molecule has 0 saturated carbocycles. The number of aryl methyl sites for hydroxylation is 1. The van der Waals surface area contributed by atoms with E-state index in [1.807, 2.05) is 42.6 Å². The van der Waals surface area contributed by atoms with Crippen LogP contribution in [0.2, 0.25) is 0 Å². The zero-order valence-electron chi connectivity index (χ0n) is 14.3. The van der Waals surface area contributed by atoms with Crippen molar-refractivity contribution in [2.75, 3.05) is 17.2 Å². The van der Waals surface area contributed by atoms with E-state index in [2.05, 4.69) is 21.8 Å². The maximum absolute atomic E-state index is 12.6. The number of thioether (sulfide) groups is 1. The SMILES string of the molecule is C=CCN(C(=O)CSc1nnc(Cc2csc(C)n2)o1)c1ccccc1. The Bertz CT molecular complexity index is 876. The molecule has 0 spiro atoms. The van der Waals surface area contributed by atoms with Gasteiger partial charge in [-0.05, 0) is 19.1 Å². The molecule has 134 valence electrons. The minimum atomic E-state index is -0.0454. The first kappa shape index (κ1) is 18.3. The molecule has 8 heteroatoms. The lowest BCUT2D eigenvalue weighted by atomic mass is 10.3. The molecule has 3 rings (SSSR count). The molecule has 0 atom stereocenters. The van der Waals surface area contributed by atoms with Gasteiger partial charge in [0, 0.05) is 17.6 Å². The fraction of sp³-hybridized carbons (Fsp3) is 0.222. The van der Waals surface area contributed by atoms with Crippen LogP contribution in [0.3, 0.4) is 0 Å². The Morgan fingerprint density at radius 2 is 2.15 bits per heavy atom. The zero-order valence-corrected chi connectivity index (χ0v) is 15.9.